The molecule has 1 heterocycles. The standard InChI is InChI=1S/C16H26N2O2/c1-2-6-17-14-15-4-3-5-16(13-15)20-12-9-18-7-10-19-11-8-18/h3-5,13,17H,2,6-12,14H2,1H3. The van der Waals surface area contributed by atoms with Gasteiger partial charge < -0.3 is 14.8 Å². The van der Waals surface area contributed by atoms with Gasteiger partial charge in [0, 0.05) is 26.2 Å². The Morgan fingerprint density at radius 2 is 2.15 bits per heavy atom. The van der Waals surface area contributed by atoms with E-state index in [1.165, 1.54) is 5.56 Å². The molecular weight excluding hydrogens is 252 g/mol. The summed E-state index contributed by atoms with van der Waals surface area (Å²) in [4.78, 5) is 2.39. The first-order valence-electron chi connectivity index (χ1n) is 7.61. The summed E-state index contributed by atoms with van der Waals surface area (Å²) in [6.07, 6.45) is 1.16. The number of nitrogens with zero attached hydrogens (tertiary/aromatic N) is 1. The van der Waals surface area contributed by atoms with Gasteiger partial charge in [0.05, 0.1) is 13.2 Å². The molecule has 1 N–H and O–H groups in total. The minimum atomic E-state index is 0.742. The highest BCUT2D eigenvalue weighted by molar-refractivity contribution is 5.28. The fourth-order valence-electron chi connectivity index (χ4n) is 2.27. The molecule has 0 saturated carbocycles. The van der Waals surface area contributed by atoms with Gasteiger partial charge in [-0.05, 0) is 30.7 Å². The lowest BCUT2D eigenvalue weighted by Crippen LogP contribution is -2.38. The van der Waals surface area contributed by atoms with Crippen LogP contribution in [0.2, 0.25) is 0 Å². The van der Waals surface area contributed by atoms with Crippen molar-refractivity contribution in [2.75, 3.05) is 46.0 Å². The number of nitrogens with one attached hydrogen (secondary N) is 1. The lowest BCUT2D eigenvalue weighted by Gasteiger charge is -2.26. The van der Waals surface area contributed by atoms with Crippen molar-refractivity contribution in [3.05, 3.63) is 29.8 Å². The van der Waals surface area contributed by atoms with Gasteiger partial charge in [-0.2, -0.15) is 0 Å². The van der Waals surface area contributed by atoms with Crippen molar-refractivity contribution in [3.63, 3.8) is 0 Å². The molecule has 1 aliphatic rings. The third-order valence-electron chi connectivity index (χ3n) is 3.43. The number of rotatable bonds is 8. The second-order valence-electron chi connectivity index (χ2n) is 5.13. The molecule has 0 spiro atoms. The lowest BCUT2D eigenvalue weighted by molar-refractivity contribution is 0.0322. The van der Waals surface area contributed by atoms with Gasteiger partial charge in [0.2, 0.25) is 0 Å². The number of hydrogen-bond acceptors (Lipinski definition) is 4. The summed E-state index contributed by atoms with van der Waals surface area (Å²) in [5.74, 6) is 0.967. The smallest absolute Gasteiger partial charge is 0.119 e. The van der Waals surface area contributed by atoms with Crippen molar-refractivity contribution in [1.29, 1.82) is 0 Å². The molecule has 0 aromatic heterocycles. The monoisotopic (exact) mass is 278 g/mol. The minimum Gasteiger partial charge on any atom is -0.492 e. The van der Waals surface area contributed by atoms with Crippen LogP contribution in [0.5, 0.6) is 5.75 Å². The maximum atomic E-state index is 5.85. The van der Waals surface area contributed by atoms with Crippen molar-refractivity contribution in [1.82, 2.24) is 10.2 Å². The molecule has 0 radical (unpaired) electrons. The van der Waals surface area contributed by atoms with Crippen LogP contribution in [0.4, 0.5) is 0 Å². The van der Waals surface area contributed by atoms with Gasteiger partial charge in [0.25, 0.3) is 0 Å². The zero-order chi connectivity index (χ0) is 14.0. The molecule has 0 amide bonds. The predicted molar refractivity (Wildman–Crippen MR) is 81.2 cm³/mol. The van der Waals surface area contributed by atoms with Crippen LogP contribution in [-0.2, 0) is 11.3 Å². The Morgan fingerprint density at radius 3 is 2.95 bits per heavy atom. The SMILES string of the molecule is CCCNCc1cccc(OCCN2CCOCC2)c1. The maximum Gasteiger partial charge on any atom is 0.119 e. The van der Waals surface area contributed by atoms with Crippen molar-refractivity contribution in [2.24, 2.45) is 0 Å². The van der Waals surface area contributed by atoms with Gasteiger partial charge in [-0.1, -0.05) is 19.1 Å². The Bertz CT molecular complexity index is 378. The average Bonchev–Trinajstić information content (AvgIpc) is 2.49. The van der Waals surface area contributed by atoms with E-state index in [1.807, 2.05) is 6.07 Å². The molecule has 1 aliphatic heterocycles. The Balaban J connectivity index is 1.70. The van der Waals surface area contributed by atoms with E-state index in [2.05, 4.69) is 35.3 Å². The van der Waals surface area contributed by atoms with E-state index in [-0.39, 0.29) is 0 Å². The van der Waals surface area contributed by atoms with E-state index in [1.54, 1.807) is 0 Å². The second kappa shape index (κ2) is 8.95. The largest absolute Gasteiger partial charge is 0.492 e. The Labute approximate surface area is 122 Å². The minimum absolute atomic E-state index is 0.742. The van der Waals surface area contributed by atoms with Crippen LogP contribution < -0.4 is 10.1 Å². The summed E-state index contributed by atoms with van der Waals surface area (Å²) in [6.45, 7) is 9.59. The zero-order valence-corrected chi connectivity index (χ0v) is 12.4. The van der Waals surface area contributed by atoms with E-state index in [0.717, 1.165) is 64.7 Å². The molecule has 1 aromatic rings. The molecule has 20 heavy (non-hydrogen) atoms. The molecule has 4 heteroatoms. The highest BCUT2D eigenvalue weighted by Crippen LogP contribution is 2.13. The third kappa shape index (κ3) is 5.49. The second-order valence-corrected chi connectivity index (χ2v) is 5.13. The summed E-state index contributed by atoms with van der Waals surface area (Å²) in [6, 6.07) is 8.36. The van der Waals surface area contributed by atoms with Crippen LogP contribution in [-0.4, -0.2) is 50.9 Å². The molecule has 112 valence electrons. The first-order valence-corrected chi connectivity index (χ1v) is 7.61. The van der Waals surface area contributed by atoms with Crippen LogP contribution in [0.15, 0.2) is 24.3 Å². The van der Waals surface area contributed by atoms with Crippen LogP contribution >= 0.6 is 0 Å². The zero-order valence-electron chi connectivity index (χ0n) is 12.4. The van der Waals surface area contributed by atoms with Gasteiger partial charge >= 0.3 is 0 Å². The molecule has 0 atom stereocenters. The van der Waals surface area contributed by atoms with Crippen molar-refractivity contribution < 1.29 is 9.47 Å². The van der Waals surface area contributed by atoms with E-state index in [9.17, 15) is 0 Å². The molecule has 0 bridgehead atoms. The van der Waals surface area contributed by atoms with Crippen LogP contribution in [0, 0.1) is 0 Å². The molecule has 1 aromatic carbocycles. The van der Waals surface area contributed by atoms with Gasteiger partial charge in [-0.15, -0.1) is 0 Å². The highest BCUT2D eigenvalue weighted by atomic mass is 16.5. The lowest BCUT2D eigenvalue weighted by atomic mass is 10.2. The normalized spacial score (nSPS) is 16.2. The molecule has 1 fully saturated rings. The van der Waals surface area contributed by atoms with Gasteiger partial charge in [-0.25, -0.2) is 0 Å². The van der Waals surface area contributed by atoms with Crippen LogP contribution in [0.3, 0.4) is 0 Å². The predicted octanol–water partition coefficient (Wildman–Crippen LogP) is 1.90. The van der Waals surface area contributed by atoms with Crippen LogP contribution in [0.1, 0.15) is 18.9 Å². The number of morpholine rings is 1. The van der Waals surface area contributed by atoms with E-state index < -0.39 is 0 Å². The highest BCUT2D eigenvalue weighted by Gasteiger charge is 2.09. The molecular formula is C16H26N2O2. The molecule has 0 aliphatic carbocycles. The Morgan fingerprint density at radius 1 is 1.30 bits per heavy atom. The fourth-order valence-corrected chi connectivity index (χ4v) is 2.27. The average molecular weight is 278 g/mol. The summed E-state index contributed by atoms with van der Waals surface area (Å²) >= 11 is 0. The summed E-state index contributed by atoms with van der Waals surface area (Å²) in [5, 5.41) is 3.41. The van der Waals surface area contributed by atoms with Crippen molar-refractivity contribution in [3.8, 4) is 5.75 Å². The van der Waals surface area contributed by atoms with E-state index in [0.29, 0.717) is 0 Å². The van der Waals surface area contributed by atoms with E-state index >= 15 is 0 Å². The number of hydrogen-bond donors (Lipinski definition) is 1. The Hall–Kier alpha value is -1.10. The summed E-state index contributed by atoms with van der Waals surface area (Å²) < 4.78 is 11.2. The fraction of sp³-hybridized carbons (Fsp3) is 0.625. The van der Waals surface area contributed by atoms with Crippen LogP contribution in [0.25, 0.3) is 0 Å². The molecule has 1 saturated heterocycles. The Kier molecular flexibility index (Phi) is 6.84. The summed E-state index contributed by atoms with van der Waals surface area (Å²) in [5.41, 5.74) is 1.28. The topological polar surface area (TPSA) is 33.7 Å². The van der Waals surface area contributed by atoms with E-state index in [4.69, 9.17) is 9.47 Å². The first-order chi connectivity index (χ1) is 9.88. The summed E-state index contributed by atoms with van der Waals surface area (Å²) in [7, 11) is 0. The number of ether oxygens (including phenoxy) is 2. The van der Waals surface area contributed by atoms with Crippen molar-refractivity contribution in [2.45, 2.75) is 19.9 Å². The third-order valence-corrected chi connectivity index (χ3v) is 3.43. The van der Waals surface area contributed by atoms with Gasteiger partial charge in [-0.3, -0.25) is 4.90 Å². The van der Waals surface area contributed by atoms with Crippen molar-refractivity contribution >= 4 is 0 Å². The quantitative estimate of drug-likeness (QED) is 0.736. The maximum absolute atomic E-state index is 5.85. The molecule has 2 rings (SSSR count). The van der Waals surface area contributed by atoms with Gasteiger partial charge in [0.15, 0.2) is 0 Å². The molecule has 0 unspecified atom stereocenters. The first kappa shape index (κ1) is 15.3. The number of benzene rings is 1. The van der Waals surface area contributed by atoms with Gasteiger partial charge in [0.1, 0.15) is 12.4 Å². The molecule has 4 nitrogen and oxygen atoms in total.